The largest absolute Gasteiger partial charge is 0.361 e. The van der Waals surface area contributed by atoms with Gasteiger partial charge in [-0.15, -0.1) is 0 Å². The SMILES string of the molecule is CCc1cc(N2CCN(C(=O)Cc3c(C)noc3C)CC2)nc(-c2ccccn2)n1. The molecule has 156 valence electrons. The summed E-state index contributed by atoms with van der Waals surface area (Å²) in [6.45, 7) is 8.58. The molecule has 0 saturated carbocycles. The summed E-state index contributed by atoms with van der Waals surface area (Å²) < 4.78 is 5.18. The van der Waals surface area contributed by atoms with Crippen LogP contribution >= 0.6 is 0 Å². The number of aryl methyl sites for hydroxylation is 3. The predicted octanol–water partition coefficient (Wildman–Crippen LogP) is 2.60. The topological polar surface area (TPSA) is 88.2 Å². The molecule has 1 amide bonds. The molecule has 0 aliphatic carbocycles. The molecular formula is C22H26N6O2. The maximum absolute atomic E-state index is 12.8. The van der Waals surface area contributed by atoms with Gasteiger partial charge in [-0.1, -0.05) is 18.1 Å². The smallest absolute Gasteiger partial charge is 0.227 e. The summed E-state index contributed by atoms with van der Waals surface area (Å²) in [4.78, 5) is 30.7. The van der Waals surface area contributed by atoms with Crippen LogP contribution in [0.1, 0.15) is 29.6 Å². The Morgan fingerprint density at radius 2 is 1.93 bits per heavy atom. The van der Waals surface area contributed by atoms with E-state index >= 15 is 0 Å². The number of piperazine rings is 1. The zero-order chi connectivity index (χ0) is 21.1. The lowest BCUT2D eigenvalue weighted by atomic mass is 10.1. The van der Waals surface area contributed by atoms with E-state index in [9.17, 15) is 4.79 Å². The van der Waals surface area contributed by atoms with Crippen LogP contribution in [0.2, 0.25) is 0 Å². The van der Waals surface area contributed by atoms with E-state index in [0.29, 0.717) is 25.3 Å². The normalized spacial score (nSPS) is 14.2. The quantitative estimate of drug-likeness (QED) is 0.643. The minimum absolute atomic E-state index is 0.107. The van der Waals surface area contributed by atoms with E-state index in [1.165, 1.54) is 0 Å². The van der Waals surface area contributed by atoms with E-state index in [2.05, 4.69) is 26.9 Å². The number of aromatic nitrogens is 4. The van der Waals surface area contributed by atoms with Crippen LogP contribution in [0, 0.1) is 13.8 Å². The Hall–Kier alpha value is -3.29. The minimum atomic E-state index is 0.107. The molecule has 1 saturated heterocycles. The first-order chi connectivity index (χ1) is 14.5. The molecule has 8 nitrogen and oxygen atoms in total. The zero-order valence-corrected chi connectivity index (χ0v) is 17.6. The maximum atomic E-state index is 12.8. The lowest BCUT2D eigenvalue weighted by molar-refractivity contribution is -0.130. The van der Waals surface area contributed by atoms with Gasteiger partial charge in [-0.3, -0.25) is 9.78 Å². The van der Waals surface area contributed by atoms with Crippen molar-refractivity contribution in [1.82, 2.24) is 25.0 Å². The fraction of sp³-hybridized carbons (Fsp3) is 0.409. The number of anilines is 1. The van der Waals surface area contributed by atoms with Gasteiger partial charge < -0.3 is 14.3 Å². The third kappa shape index (κ3) is 4.17. The second kappa shape index (κ2) is 8.61. The summed E-state index contributed by atoms with van der Waals surface area (Å²) >= 11 is 0. The van der Waals surface area contributed by atoms with Crippen LogP contribution in [0.4, 0.5) is 5.82 Å². The van der Waals surface area contributed by atoms with E-state index < -0.39 is 0 Å². The molecule has 30 heavy (non-hydrogen) atoms. The van der Waals surface area contributed by atoms with Gasteiger partial charge in [-0.25, -0.2) is 9.97 Å². The molecule has 1 aliphatic rings. The molecule has 0 N–H and O–H groups in total. The molecular weight excluding hydrogens is 380 g/mol. The van der Waals surface area contributed by atoms with Crippen molar-refractivity contribution in [3.05, 3.63) is 53.2 Å². The van der Waals surface area contributed by atoms with Gasteiger partial charge in [0.2, 0.25) is 5.91 Å². The number of rotatable bonds is 5. The Labute approximate surface area is 175 Å². The van der Waals surface area contributed by atoms with E-state index in [1.807, 2.05) is 43.0 Å². The fourth-order valence-electron chi connectivity index (χ4n) is 3.64. The average molecular weight is 406 g/mol. The van der Waals surface area contributed by atoms with E-state index in [4.69, 9.17) is 9.51 Å². The number of hydrogen-bond donors (Lipinski definition) is 0. The van der Waals surface area contributed by atoms with E-state index in [0.717, 1.165) is 53.7 Å². The van der Waals surface area contributed by atoms with Crippen LogP contribution in [0.15, 0.2) is 35.0 Å². The second-order valence-corrected chi connectivity index (χ2v) is 7.46. The van der Waals surface area contributed by atoms with Crippen molar-refractivity contribution >= 4 is 11.7 Å². The molecule has 4 heterocycles. The highest BCUT2D eigenvalue weighted by Gasteiger charge is 2.24. The van der Waals surface area contributed by atoms with Gasteiger partial charge in [0.25, 0.3) is 0 Å². The second-order valence-electron chi connectivity index (χ2n) is 7.46. The highest BCUT2D eigenvalue weighted by atomic mass is 16.5. The molecule has 8 heteroatoms. The third-order valence-electron chi connectivity index (χ3n) is 5.49. The Morgan fingerprint density at radius 1 is 1.13 bits per heavy atom. The molecule has 4 rings (SSSR count). The van der Waals surface area contributed by atoms with Gasteiger partial charge in [-0.05, 0) is 32.4 Å². The van der Waals surface area contributed by atoms with E-state index in [-0.39, 0.29) is 5.91 Å². The van der Waals surface area contributed by atoms with Crippen LogP contribution in [0.3, 0.4) is 0 Å². The van der Waals surface area contributed by atoms with Gasteiger partial charge in [-0.2, -0.15) is 0 Å². The summed E-state index contributed by atoms with van der Waals surface area (Å²) in [6, 6.07) is 7.78. The third-order valence-corrected chi connectivity index (χ3v) is 5.49. The molecule has 0 bridgehead atoms. The van der Waals surface area contributed by atoms with Crippen molar-refractivity contribution in [2.45, 2.75) is 33.6 Å². The van der Waals surface area contributed by atoms with Crippen LogP contribution in [0.25, 0.3) is 11.5 Å². The highest BCUT2D eigenvalue weighted by Crippen LogP contribution is 2.21. The Morgan fingerprint density at radius 3 is 2.57 bits per heavy atom. The van der Waals surface area contributed by atoms with Gasteiger partial charge in [0.1, 0.15) is 17.3 Å². The van der Waals surface area contributed by atoms with Crippen molar-refractivity contribution in [2.75, 3.05) is 31.1 Å². The molecule has 1 fully saturated rings. The summed E-state index contributed by atoms with van der Waals surface area (Å²) in [7, 11) is 0. The van der Waals surface area contributed by atoms with Gasteiger partial charge in [0.15, 0.2) is 5.82 Å². The molecule has 0 spiro atoms. The average Bonchev–Trinajstić information content (AvgIpc) is 3.11. The van der Waals surface area contributed by atoms with Gasteiger partial charge in [0, 0.05) is 49.7 Å². The minimum Gasteiger partial charge on any atom is -0.361 e. The Balaban J connectivity index is 1.45. The standard InChI is InChI=1S/C22H26N6O2/c1-4-17-13-20(25-22(24-17)19-7-5-6-8-23-19)27-9-11-28(12-10-27)21(29)14-18-15(2)26-30-16(18)3/h5-8,13H,4,9-12,14H2,1-3H3. The summed E-state index contributed by atoms with van der Waals surface area (Å²) in [5.74, 6) is 2.35. The summed E-state index contributed by atoms with van der Waals surface area (Å²) in [6.07, 6.45) is 2.91. The molecule has 3 aromatic rings. The first-order valence-corrected chi connectivity index (χ1v) is 10.3. The first kappa shape index (κ1) is 20.0. The van der Waals surface area contributed by atoms with Gasteiger partial charge in [0.05, 0.1) is 12.1 Å². The summed E-state index contributed by atoms with van der Waals surface area (Å²) in [5, 5.41) is 3.94. The van der Waals surface area contributed by atoms with Crippen molar-refractivity contribution in [3.63, 3.8) is 0 Å². The van der Waals surface area contributed by atoms with Crippen LogP contribution in [0.5, 0.6) is 0 Å². The van der Waals surface area contributed by atoms with Gasteiger partial charge >= 0.3 is 0 Å². The molecule has 0 radical (unpaired) electrons. The summed E-state index contributed by atoms with van der Waals surface area (Å²) in [5.41, 5.74) is 3.43. The molecule has 0 atom stereocenters. The molecule has 1 aliphatic heterocycles. The fourth-order valence-corrected chi connectivity index (χ4v) is 3.64. The van der Waals surface area contributed by atoms with Crippen molar-refractivity contribution in [2.24, 2.45) is 0 Å². The number of carbonyl (C=O) groups excluding carboxylic acids is 1. The van der Waals surface area contributed by atoms with Crippen LogP contribution in [-0.2, 0) is 17.6 Å². The zero-order valence-electron chi connectivity index (χ0n) is 17.6. The number of amides is 1. The first-order valence-electron chi connectivity index (χ1n) is 10.3. The number of nitrogens with zero attached hydrogens (tertiary/aromatic N) is 6. The predicted molar refractivity (Wildman–Crippen MR) is 113 cm³/mol. The molecule has 0 aromatic carbocycles. The maximum Gasteiger partial charge on any atom is 0.227 e. The number of hydrogen-bond acceptors (Lipinski definition) is 7. The number of carbonyl (C=O) groups is 1. The van der Waals surface area contributed by atoms with Crippen LogP contribution < -0.4 is 4.90 Å². The van der Waals surface area contributed by atoms with Crippen molar-refractivity contribution < 1.29 is 9.32 Å². The Kier molecular flexibility index (Phi) is 5.74. The number of pyridine rings is 1. The van der Waals surface area contributed by atoms with Crippen molar-refractivity contribution in [1.29, 1.82) is 0 Å². The van der Waals surface area contributed by atoms with E-state index in [1.54, 1.807) is 6.20 Å². The lowest BCUT2D eigenvalue weighted by Gasteiger charge is -2.35. The monoisotopic (exact) mass is 406 g/mol. The Bertz CT molecular complexity index is 1010. The van der Waals surface area contributed by atoms with Crippen molar-refractivity contribution in [3.8, 4) is 11.5 Å². The molecule has 0 unspecified atom stereocenters. The van der Waals surface area contributed by atoms with Crippen LogP contribution in [-0.4, -0.2) is 57.1 Å². The lowest BCUT2D eigenvalue weighted by Crippen LogP contribution is -2.49. The highest BCUT2D eigenvalue weighted by molar-refractivity contribution is 5.79. The molecule has 3 aromatic heterocycles.